The molecular weight excluding hydrogens is 410 g/mol. The predicted molar refractivity (Wildman–Crippen MR) is 107 cm³/mol. The first-order valence-corrected chi connectivity index (χ1v) is 9.31. The molecule has 0 fully saturated rings. The summed E-state index contributed by atoms with van der Waals surface area (Å²) in [5.41, 5.74) is 7.81. The Morgan fingerprint density at radius 2 is 1.89 bits per heavy atom. The second-order valence-corrected chi connectivity index (χ2v) is 6.96. The number of hydrazine groups is 1. The zero-order chi connectivity index (χ0) is 19.2. The van der Waals surface area contributed by atoms with Gasteiger partial charge in [-0.15, -0.1) is 0 Å². The predicted octanol–water partition coefficient (Wildman–Crippen LogP) is 3.26. The minimum Gasteiger partial charge on any atom is -0.496 e. The van der Waals surface area contributed by atoms with E-state index in [4.69, 9.17) is 4.74 Å². The lowest BCUT2D eigenvalue weighted by atomic mass is 10.1. The maximum atomic E-state index is 12.1. The van der Waals surface area contributed by atoms with Crippen molar-refractivity contribution in [3.05, 3.63) is 64.3 Å². The smallest absolute Gasteiger partial charge is 0.242 e. The van der Waals surface area contributed by atoms with Crippen molar-refractivity contribution in [3.8, 4) is 5.75 Å². The van der Waals surface area contributed by atoms with Crippen LogP contribution >= 0.6 is 15.9 Å². The van der Waals surface area contributed by atoms with Gasteiger partial charge in [-0.3, -0.25) is 20.4 Å². The van der Waals surface area contributed by atoms with Crippen LogP contribution in [-0.4, -0.2) is 23.9 Å². The Bertz CT molecular complexity index is 968. The zero-order valence-corrected chi connectivity index (χ0v) is 16.4. The average molecular weight is 430 g/mol. The monoisotopic (exact) mass is 429 g/mol. The van der Waals surface area contributed by atoms with E-state index < -0.39 is 0 Å². The van der Waals surface area contributed by atoms with Crippen LogP contribution < -0.4 is 15.6 Å². The number of para-hydroxylation sites is 1. The van der Waals surface area contributed by atoms with Crippen molar-refractivity contribution in [1.82, 2.24) is 15.8 Å². The molecule has 3 aromatic rings. The van der Waals surface area contributed by atoms with Gasteiger partial charge in [-0.1, -0.05) is 24.3 Å². The molecule has 0 aliphatic rings. The van der Waals surface area contributed by atoms with Gasteiger partial charge in [-0.05, 0) is 51.7 Å². The molecule has 3 rings (SSSR count). The number of aryl methyl sites for hydroxylation is 1. The fourth-order valence-electron chi connectivity index (χ4n) is 2.82. The molecule has 0 saturated carbocycles. The second-order valence-electron chi connectivity index (χ2n) is 6.10. The number of carbonyl (C=O) groups excluding carboxylic acids is 2. The quantitative estimate of drug-likeness (QED) is 0.525. The molecule has 0 unspecified atom stereocenters. The summed E-state index contributed by atoms with van der Waals surface area (Å²) < 4.78 is 6.03. The number of methoxy groups -OCH3 is 1. The van der Waals surface area contributed by atoms with E-state index in [1.165, 1.54) is 0 Å². The number of carbonyl (C=O) groups is 2. The number of aromatic nitrogens is 1. The summed E-state index contributed by atoms with van der Waals surface area (Å²) in [6, 6.07) is 13.5. The van der Waals surface area contributed by atoms with Crippen LogP contribution in [0.4, 0.5) is 0 Å². The first-order chi connectivity index (χ1) is 13.1. The maximum absolute atomic E-state index is 12.1. The van der Waals surface area contributed by atoms with Gasteiger partial charge < -0.3 is 9.72 Å². The van der Waals surface area contributed by atoms with Gasteiger partial charge in [0.15, 0.2) is 0 Å². The largest absolute Gasteiger partial charge is 0.496 e. The highest BCUT2D eigenvalue weighted by Crippen LogP contribution is 2.25. The van der Waals surface area contributed by atoms with Crippen LogP contribution in [0.5, 0.6) is 5.75 Å². The van der Waals surface area contributed by atoms with Crippen molar-refractivity contribution < 1.29 is 14.3 Å². The Balaban J connectivity index is 1.46. The summed E-state index contributed by atoms with van der Waals surface area (Å²) in [7, 11) is 1.60. The van der Waals surface area contributed by atoms with Gasteiger partial charge in [0.25, 0.3) is 0 Å². The normalized spacial score (nSPS) is 10.6. The van der Waals surface area contributed by atoms with E-state index in [-0.39, 0.29) is 24.7 Å². The number of amides is 2. The summed E-state index contributed by atoms with van der Waals surface area (Å²) in [6.07, 6.45) is 2.84. The molecule has 1 heterocycles. The third kappa shape index (κ3) is 4.89. The molecule has 0 atom stereocenters. The number of hydrogen-bond acceptors (Lipinski definition) is 3. The van der Waals surface area contributed by atoms with Crippen LogP contribution in [0.3, 0.4) is 0 Å². The summed E-state index contributed by atoms with van der Waals surface area (Å²) in [6.45, 7) is 0. The fraction of sp³-hybridized carbons (Fsp3) is 0.200. The fourth-order valence-corrected chi connectivity index (χ4v) is 3.41. The van der Waals surface area contributed by atoms with Gasteiger partial charge in [0, 0.05) is 23.5 Å². The van der Waals surface area contributed by atoms with Crippen molar-refractivity contribution in [3.63, 3.8) is 0 Å². The number of halogens is 1. The van der Waals surface area contributed by atoms with Crippen molar-refractivity contribution in [2.24, 2.45) is 0 Å². The van der Waals surface area contributed by atoms with Gasteiger partial charge in [-0.25, -0.2) is 0 Å². The topological polar surface area (TPSA) is 83.2 Å². The Labute approximate surface area is 165 Å². The summed E-state index contributed by atoms with van der Waals surface area (Å²) in [5.74, 6) is 0.238. The first-order valence-electron chi connectivity index (χ1n) is 8.52. The van der Waals surface area contributed by atoms with Crippen LogP contribution in [0.25, 0.3) is 10.9 Å². The minimum absolute atomic E-state index is 0.190. The highest BCUT2D eigenvalue weighted by atomic mass is 79.9. The van der Waals surface area contributed by atoms with Crippen molar-refractivity contribution >= 4 is 38.6 Å². The molecule has 6 nitrogen and oxygen atoms in total. The maximum Gasteiger partial charge on any atom is 0.242 e. The number of ether oxygens (including phenoxy) is 1. The highest BCUT2D eigenvalue weighted by molar-refractivity contribution is 9.10. The number of aromatic amines is 1. The molecule has 2 aromatic carbocycles. The third-order valence-corrected chi connectivity index (χ3v) is 4.84. The molecule has 0 aliphatic carbocycles. The SMILES string of the molecule is COc1ccc(CCC(=O)NNC(=O)Cc2c[nH]c3ccccc23)cc1Br. The van der Waals surface area contributed by atoms with E-state index in [9.17, 15) is 9.59 Å². The van der Waals surface area contributed by atoms with E-state index in [1.54, 1.807) is 7.11 Å². The van der Waals surface area contributed by atoms with Crippen LogP contribution in [0.15, 0.2) is 53.1 Å². The third-order valence-electron chi connectivity index (χ3n) is 4.22. The Kier molecular flexibility index (Phi) is 6.13. The summed E-state index contributed by atoms with van der Waals surface area (Å²) in [5, 5.41) is 1.00. The van der Waals surface area contributed by atoms with Crippen molar-refractivity contribution in [2.45, 2.75) is 19.3 Å². The molecule has 1 aromatic heterocycles. The number of H-pyrrole nitrogens is 1. The van der Waals surface area contributed by atoms with Crippen molar-refractivity contribution in [2.75, 3.05) is 7.11 Å². The minimum atomic E-state index is -0.264. The summed E-state index contributed by atoms with van der Waals surface area (Å²) in [4.78, 5) is 27.2. The van der Waals surface area contributed by atoms with Crippen molar-refractivity contribution in [1.29, 1.82) is 0 Å². The second kappa shape index (κ2) is 8.73. The van der Waals surface area contributed by atoms with E-state index in [2.05, 4.69) is 31.8 Å². The lowest BCUT2D eigenvalue weighted by molar-refractivity contribution is -0.128. The molecule has 0 spiro atoms. The number of fused-ring (bicyclic) bond motifs is 1. The zero-order valence-electron chi connectivity index (χ0n) is 14.8. The molecule has 0 radical (unpaired) electrons. The Morgan fingerprint density at radius 3 is 2.67 bits per heavy atom. The standard InChI is InChI=1S/C20H20BrN3O3/c1-27-18-8-6-13(10-16(18)21)7-9-19(25)23-24-20(26)11-14-12-22-17-5-3-2-4-15(14)17/h2-6,8,10,12,22H,7,9,11H2,1H3,(H,23,25)(H,24,26). The lowest BCUT2D eigenvalue weighted by Gasteiger charge is -2.08. The summed E-state index contributed by atoms with van der Waals surface area (Å²) >= 11 is 3.42. The lowest BCUT2D eigenvalue weighted by Crippen LogP contribution is -2.42. The molecule has 2 amide bonds. The van der Waals surface area contributed by atoms with Gasteiger partial charge in [-0.2, -0.15) is 0 Å². The number of nitrogens with one attached hydrogen (secondary N) is 3. The average Bonchev–Trinajstić information content (AvgIpc) is 3.08. The van der Waals surface area contributed by atoms with Gasteiger partial charge in [0.2, 0.25) is 11.8 Å². The number of benzene rings is 2. The van der Waals surface area contributed by atoms with Gasteiger partial charge in [0.05, 0.1) is 18.0 Å². The molecular formula is C20H20BrN3O3. The van der Waals surface area contributed by atoms with Gasteiger partial charge >= 0.3 is 0 Å². The number of rotatable bonds is 6. The number of hydrogen-bond donors (Lipinski definition) is 3. The van der Waals surface area contributed by atoms with Crippen LogP contribution in [0.2, 0.25) is 0 Å². The molecule has 7 heteroatoms. The van der Waals surface area contributed by atoms with E-state index >= 15 is 0 Å². The van der Waals surface area contributed by atoms with Crippen LogP contribution in [0.1, 0.15) is 17.5 Å². The molecule has 0 bridgehead atoms. The molecule has 0 saturated heterocycles. The van der Waals surface area contributed by atoms with E-state index in [1.807, 2.05) is 48.7 Å². The van der Waals surface area contributed by atoms with E-state index in [0.29, 0.717) is 6.42 Å². The molecule has 0 aliphatic heterocycles. The van der Waals surface area contributed by atoms with E-state index in [0.717, 1.165) is 32.3 Å². The van der Waals surface area contributed by atoms with Gasteiger partial charge in [0.1, 0.15) is 5.75 Å². The Hall–Kier alpha value is -2.80. The highest BCUT2D eigenvalue weighted by Gasteiger charge is 2.10. The Morgan fingerprint density at radius 1 is 1.11 bits per heavy atom. The van der Waals surface area contributed by atoms with Crippen LogP contribution in [-0.2, 0) is 22.4 Å². The molecule has 140 valence electrons. The first kappa shape index (κ1) is 19.0. The molecule has 27 heavy (non-hydrogen) atoms. The molecule has 3 N–H and O–H groups in total. The van der Waals surface area contributed by atoms with Crippen LogP contribution in [0, 0.1) is 0 Å².